The molecule has 1 aliphatic rings. The highest BCUT2D eigenvalue weighted by atomic mass is 16.6. The van der Waals surface area contributed by atoms with Gasteiger partial charge in [-0.05, 0) is 26.0 Å². The fourth-order valence-corrected chi connectivity index (χ4v) is 2.29. The van der Waals surface area contributed by atoms with Crippen molar-refractivity contribution in [2.75, 3.05) is 17.2 Å². The van der Waals surface area contributed by atoms with Gasteiger partial charge in [0.25, 0.3) is 5.91 Å². The lowest BCUT2D eigenvalue weighted by atomic mass is 10.2. The molecule has 0 unspecified atom stereocenters. The first-order valence-electron chi connectivity index (χ1n) is 8.11. The molecule has 0 fully saturated rings. The van der Waals surface area contributed by atoms with Crippen LogP contribution in [0.15, 0.2) is 52.4 Å². The molecule has 2 N–H and O–H groups in total. The molecule has 2 heterocycles. The maximum Gasteiger partial charge on any atom is 0.348 e. The summed E-state index contributed by atoms with van der Waals surface area (Å²) < 4.78 is 15.2. The van der Waals surface area contributed by atoms with Crippen molar-refractivity contribution in [3.8, 4) is 0 Å². The molecule has 0 saturated carbocycles. The average Bonchev–Trinajstić information content (AvgIpc) is 3.21. The molecular weight excluding hydrogens is 354 g/mol. The number of hydrogen-bond donors (Lipinski definition) is 2. The quantitative estimate of drug-likeness (QED) is 0.582. The molecule has 0 radical (unpaired) electrons. The van der Waals surface area contributed by atoms with Crippen molar-refractivity contribution in [2.45, 2.75) is 20.0 Å². The molecule has 3 rings (SSSR count). The summed E-state index contributed by atoms with van der Waals surface area (Å²) in [5, 5.41) is 8.94. The Hall–Kier alpha value is -3.62. The van der Waals surface area contributed by atoms with Crippen LogP contribution in [0.3, 0.4) is 0 Å². The largest absolute Gasteiger partial charge is 0.470 e. The van der Waals surface area contributed by atoms with Crippen LogP contribution in [0, 0.1) is 6.92 Å². The molecule has 1 amide bonds. The topological polar surface area (TPSA) is 120 Å². The number of ether oxygens (including phenoxy) is 2. The molecule has 0 spiro atoms. The first kappa shape index (κ1) is 18.2. The van der Waals surface area contributed by atoms with Gasteiger partial charge in [-0.2, -0.15) is 0 Å². The van der Waals surface area contributed by atoms with E-state index in [0.29, 0.717) is 11.4 Å². The number of carbonyl (C=O) groups is 3. The molecule has 140 valence electrons. The number of benzene rings is 1. The molecule has 27 heavy (non-hydrogen) atoms. The second kappa shape index (κ2) is 7.73. The summed E-state index contributed by atoms with van der Waals surface area (Å²) in [5.41, 5.74) is 0.371. The smallest absolute Gasteiger partial charge is 0.348 e. The van der Waals surface area contributed by atoms with Crippen LogP contribution in [0.5, 0.6) is 0 Å². The van der Waals surface area contributed by atoms with Crippen LogP contribution in [-0.2, 0) is 23.9 Å². The Kier molecular flexibility index (Phi) is 5.20. The number of nitrogens with one attached hydrogen (secondary N) is 2. The number of anilines is 2. The normalized spacial score (nSPS) is 14.5. The van der Waals surface area contributed by atoms with Crippen LogP contribution in [0.2, 0.25) is 0 Å². The molecule has 0 saturated heterocycles. The van der Waals surface area contributed by atoms with Crippen molar-refractivity contribution < 1.29 is 28.4 Å². The summed E-state index contributed by atoms with van der Waals surface area (Å²) in [7, 11) is 0. The van der Waals surface area contributed by atoms with E-state index in [2.05, 4.69) is 15.8 Å². The van der Waals surface area contributed by atoms with Gasteiger partial charge in [-0.1, -0.05) is 23.4 Å². The van der Waals surface area contributed by atoms with E-state index >= 15 is 0 Å². The summed E-state index contributed by atoms with van der Waals surface area (Å²) >= 11 is 0. The van der Waals surface area contributed by atoms with E-state index in [0.717, 1.165) is 0 Å². The van der Waals surface area contributed by atoms with E-state index in [9.17, 15) is 14.4 Å². The number of rotatable bonds is 6. The van der Waals surface area contributed by atoms with Gasteiger partial charge in [-0.15, -0.1) is 0 Å². The van der Waals surface area contributed by atoms with Crippen LogP contribution in [0.25, 0.3) is 0 Å². The van der Waals surface area contributed by atoms with Gasteiger partial charge in [-0.3, -0.25) is 9.59 Å². The van der Waals surface area contributed by atoms with Gasteiger partial charge < -0.3 is 24.6 Å². The van der Waals surface area contributed by atoms with Crippen molar-refractivity contribution >= 4 is 29.2 Å². The zero-order valence-corrected chi connectivity index (χ0v) is 14.6. The van der Waals surface area contributed by atoms with Crippen LogP contribution in [0.4, 0.5) is 11.5 Å². The molecule has 9 heteroatoms. The molecule has 2 aromatic rings. The molecule has 1 aromatic heterocycles. The summed E-state index contributed by atoms with van der Waals surface area (Å²) in [5.74, 6) is -1.37. The predicted molar refractivity (Wildman–Crippen MR) is 93.5 cm³/mol. The second-order valence-electron chi connectivity index (χ2n) is 5.77. The highest BCUT2D eigenvalue weighted by Gasteiger charge is 2.34. The lowest BCUT2D eigenvalue weighted by Gasteiger charge is -2.13. The third-order valence-electron chi connectivity index (χ3n) is 3.62. The number of esters is 1. The van der Waals surface area contributed by atoms with Crippen molar-refractivity contribution in [1.29, 1.82) is 0 Å². The van der Waals surface area contributed by atoms with Gasteiger partial charge in [0.05, 0.1) is 0 Å². The third-order valence-corrected chi connectivity index (χ3v) is 3.62. The molecule has 9 nitrogen and oxygen atoms in total. The standard InChI is InChI=1S/C18H17N3O6/c1-10-8-14(21-27-10)20-16(23)11(2)26-18(24)15-13(22)9-25-17(15)19-12-6-4-3-5-7-12/h3-8,11,19H,9H2,1-2H3,(H,20,21,23)/t11-/m1/s1. The Morgan fingerprint density at radius 1 is 1.26 bits per heavy atom. The Morgan fingerprint density at radius 2 is 2.00 bits per heavy atom. The Morgan fingerprint density at radius 3 is 2.67 bits per heavy atom. The average molecular weight is 371 g/mol. The number of ketones is 1. The first-order chi connectivity index (χ1) is 12.9. The number of hydrogen-bond acceptors (Lipinski definition) is 8. The highest BCUT2D eigenvalue weighted by Crippen LogP contribution is 2.21. The SMILES string of the molecule is Cc1cc(NC(=O)[C@@H](C)OC(=O)C2=C(Nc3ccccc3)OCC2=O)no1. The van der Waals surface area contributed by atoms with E-state index in [4.69, 9.17) is 14.0 Å². The summed E-state index contributed by atoms with van der Waals surface area (Å²) in [6.45, 7) is 2.77. The van der Waals surface area contributed by atoms with Crippen molar-refractivity contribution in [2.24, 2.45) is 0 Å². The minimum atomic E-state index is -1.16. The van der Waals surface area contributed by atoms with Gasteiger partial charge in [0.1, 0.15) is 5.76 Å². The molecule has 1 aromatic carbocycles. The van der Waals surface area contributed by atoms with E-state index in [1.165, 1.54) is 13.0 Å². The molecule has 0 aliphatic carbocycles. The van der Waals surface area contributed by atoms with Gasteiger partial charge in [0, 0.05) is 11.8 Å². The number of aryl methyl sites for hydroxylation is 1. The van der Waals surface area contributed by atoms with Gasteiger partial charge in [0.15, 0.2) is 24.1 Å². The Labute approximate surface area is 154 Å². The van der Waals surface area contributed by atoms with Crippen LogP contribution < -0.4 is 10.6 Å². The maximum absolute atomic E-state index is 12.4. The molecule has 1 aliphatic heterocycles. The van der Waals surface area contributed by atoms with Crippen LogP contribution >= 0.6 is 0 Å². The Bertz CT molecular complexity index is 903. The highest BCUT2D eigenvalue weighted by molar-refractivity contribution is 6.20. The summed E-state index contributed by atoms with van der Waals surface area (Å²) in [4.78, 5) is 36.5. The number of amides is 1. The number of para-hydroxylation sites is 1. The zero-order chi connectivity index (χ0) is 19.4. The van der Waals surface area contributed by atoms with Crippen LogP contribution in [-0.4, -0.2) is 35.5 Å². The van der Waals surface area contributed by atoms with Crippen LogP contribution in [0.1, 0.15) is 12.7 Å². The lowest BCUT2D eigenvalue weighted by Crippen LogP contribution is -2.31. The minimum Gasteiger partial charge on any atom is -0.470 e. The van der Waals surface area contributed by atoms with Gasteiger partial charge >= 0.3 is 5.97 Å². The number of Topliss-reactive ketones (excluding diaryl/α,β-unsaturated/α-hetero) is 1. The van der Waals surface area contributed by atoms with E-state index in [-0.39, 0.29) is 23.9 Å². The molecule has 0 bridgehead atoms. The summed E-state index contributed by atoms with van der Waals surface area (Å²) in [6.07, 6.45) is -1.16. The minimum absolute atomic E-state index is 0.00376. The maximum atomic E-state index is 12.4. The van der Waals surface area contributed by atoms with Crippen molar-refractivity contribution in [3.63, 3.8) is 0 Å². The zero-order valence-electron chi connectivity index (χ0n) is 14.6. The van der Waals surface area contributed by atoms with Gasteiger partial charge in [-0.25, -0.2) is 4.79 Å². The first-order valence-corrected chi connectivity index (χ1v) is 8.11. The third kappa shape index (κ3) is 4.32. The molecule has 1 atom stereocenters. The molecular formula is C18H17N3O6. The number of carbonyl (C=O) groups excluding carboxylic acids is 3. The predicted octanol–water partition coefficient (Wildman–Crippen LogP) is 1.78. The Balaban J connectivity index is 1.68. The van der Waals surface area contributed by atoms with E-state index < -0.39 is 23.8 Å². The number of nitrogens with zero attached hydrogens (tertiary/aromatic N) is 1. The monoisotopic (exact) mass is 371 g/mol. The van der Waals surface area contributed by atoms with Gasteiger partial charge in [0.2, 0.25) is 11.7 Å². The number of aromatic nitrogens is 1. The van der Waals surface area contributed by atoms with E-state index in [1.807, 2.05) is 6.07 Å². The van der Waals surface area contributed by atoms with E-state index in [1.54, 1.807) is 31.2 Å². The lowest BCUT2D eigenvalue weighted by molar-refractivity contribution is -0.150. The summed E-state index contributed by atoms with van der Waals surface area (Å²) in [6, 6.07) is 10.4. The van der Waals surface area contributed by atoms with Crippen molar-refractivity contribution in [3.05, 3.63) is 53.6 Å². The van der Waals surface area contributed by atoms with Crippen molar-refractivity contribution in [1.82, 2.24) is 5.16 Å². The second-order valence-corrected chi connectivity index (χ2v) is 5.77. The fourth-order valence-electron chi connectivity index (χ4n) is 2.29. The fraction of sp³-hybridized carbons (Fsp3) is 0.222.